The van der Waals surface area contributed by atoms with Gasteiger partial charge in [0.2, 0.25) is 0 Å². The van der Waals surface area contributed by atoms with E-state index in [0.717, 1.165) is 5.82 Å². The number of hydrogen-bond donors (Lipinski definition) is 3. The quantitative estimate of drug-likeness (QED) is 0.678. The number of carbonyl (C=O) groups is 1. The molecule has 1 aromatic rings. The first kappa shape index (κ1) is 9.92. The molecule has 1 aliphatic carbocycles. The number of amides is 1. The van der Waals surface area contributed by atoms with Gasteiger partial charge in [0, 0.05) is 7.05 Å². The summed E-state index contributed by atoms with van der Waals surface area (Å²) < 4.78 is 0. The zero-order valence-corrected chi connectivity index (χ0v) is 8.45. The lowest BCUT2D eigenvalue weighted by Gasteiger charge is -2.09. The van der Waals surface area contributed by atoms with E-state index in [1.54, 1.807) is 25.4 Å². The fourth-order valence-electron chi connectivity index (χ4n) is 1.21. The Hall–Kier alpha value is -1.62. The number of hydrogen-bond acceptors (Lipinski definition) is 4. The summed E-state index contributed by atoms with van der Waals surface area (Å²) in [5.74, 6) is 0.389. The van der Waals surface area contributed by atoms with E-state index < -0.39 is 5.60 Å². The molecular formula is C10H13N3O2. The van der Waals surface area contributed by atoms with Crippen molar-refractivity contribution >= 4 is 17.4 Å². The van der Waals surface area contributed by atoms with E-state index in [1.807, 2.05) is 0 Å². The SMILES string of the molecule is CNc1ccc(NC(=O)C2(O)CC2)cn1. The van der Waals surface area contributed by atoms with Crippen molar-refractivity contribution in [2.24, 2.45) is 0 Å². The molecule has 0 bridgehead atoms. The Morgan fingerprint density at radius 2 is 2.27 bits per heavy atom. The summed E-state index contributed by atoms with van der Waals surface area (Å²) in [5, 5.41) is 15.0. The lowest BCUT2D eigenvalue weighted by Crippen LogP contribution is -2.29. The molecule has 1 heterocycles. The number of nitrogens with zero attached hydrogens (tertiary/aromatic N) is 1. The van der Waals surface area contributed by atoms with Crippen LogP contribution in [-0.4, -0.2) is 28.6 Å². The molecule has 5 nitrogen and oxygen atoms in total. The Morgan fingerprint density at radius 3 is 2.73 bits per heavy atom. The van der Waals surface area contributed by atoms with Gasteiger partial charge in [0.15, 0.2) is 0 Å². The van der Waals surface area contributed by atoms with Crippen molar-refractivity contribution in [3.05, 3.63) is 18.3 Å². The van der Waals surface area contributed by atoms with Crippen LogP contribution in [0.3, 0.4) is 0 Å². The predicted octanol–water partition coefficient (Wildman–Crippen LogP) is 0.587. The molecule has 0 atom stereocenters. The van der Waals surface area contributed by atoms with Gasteiger partial charge in [-0.2, -0.15) is 0 Å². The van der Waals surface area contributed by atoms with E-state index in [4.69, 9.17) is 0 Å². The molecule has 1 saturated carbocycles. The van der Waals surface area contributed by atoms with Gasteiger partial charge >= 0.3 is 0 Å². The van der Waals surface area contributed by atoms with Gasteiger partial charge in [-0.15, -0.1) is 0 Å². The summed E-state index contributed by atoms with van der Waals surface area (Å²) in [5.41, 5.74) is -0.541. The Labute approximate surface area is 87.5 Å². The van der Waals surface area contributed by atoms with E-state index in [9.17, 15) is 9.90 Å². The smallest absolute Gasteiger partial charge is 0.256 e. The molecule has 1 amide bonds. The Morgan fingerprint density at radius 1 is 1.53 bits per heavy atom. The summed E-state index contributed by atoms with van der Waals surface area (Å²) >= 11 is 0. The molecule has 0 saturated heterocycles. The van der Waals surface area contributed by atoms with Crippen LogP contribution in [-0.2, 0) is 4.79 Å². The molecule has 5 heteroatoms. The molecule has 80 valence electrons. The van der Waals surface area contributed by atoms with E-state index in [1.165, 1.54) is 0 Å². The van der Waals surface area contributed by atoms with Gasteiger partial charge < -0.3 is 15.7 Å². The Balaban J connectivity index is 2.01. The van der Waals surface area contributed by atoms with E-state index in [-0.39, 0.29) is 5.91 Å². The first-order valence-electron chi connectivity index (χ1n) is 4.82. The molecule has 15 heavy (non-hydrogen) atoms. The van der Waals surface area contributed by atoms with Crippen LogP contribution in [0.4, 0.5) is 11.5 Å². The maximum Gasteiger partial charge on any atom is 0.256 e. The molecular weight excluding hydrogens is 194 g/mol. The second kappa shape index (κ2) is 3.51. The fourth-order valence-corrected chi connectivity index (χ4v) is 1.21. The Bertz CT molecular complexity index is 371. The third-order valence-electron chi connectivity index (χ3n) is 2.42. The number of aromatic nitrogens is 1. The van der Waals surface area contributed by atoms with Gasteiger partial charge in [-0.25, -0.2) is 4.98 Å². The summed E-state index contributed by atoms with van der Waals surface area (Å²) in [6.07, 6.45) is 2.64. The van der Waals surface area contributed by atoms with Gasteiger partial charge in [0.05, 0.1) is 11.9 Å². The summed E-state index contributed by atoms with van der Waals surface area (Å²) in [6.45, 7) is 0. The zero-order chi connectivity index (χ0) is 10.9. The lowest BCUT2D eigenvalue weighted by molar-refractivity contribution is -0.125. The zero-order valence-electron chi connectivity index (χ0n) is 8.45. The van der Waals surface area contributed by atoms with Gasteiger partial charge in [0.1, 0.15) is 11.4 Å². The van der Waals surface area contributed by atoms with Crippen LogP contribution >= 0.6 is 0 Å². The molecule has 3 N–H and O–H groups in total. The number of rotatable bonds is 3. The average molecular weight is 207 g/mol. The number of carbonyl (C=O) groups excluding carboxylic acids is 1. The molecule has 0 radical (unpaired) electrons. The van der Waals surface area contributed by atoms with Crippen molar-refractivity contribution in [1.82, 2.24) is 4.98 Å². The van der Waals surface area contributed by atoms with E-state index in [2.05, 4.69) is 15.6 Å². The predicted molar refractivity (Wildman–Crippen MR) is 56.6 cm³/mol. The van der Waals surface area contributed by atoms with Gasteiger partial charge in [-0.3, -0.25) is 4.79 Å². The highest BCUT2D eigenvalue weighted by atomic mass is 16.3. The summed E-state index contributed by atoms with van der Waals surface area (Å²) in [6, 6.07) is 3.50. The molecule has 0 aliphatic heterocycles. The highest BCUT2D eigenvalue weighted by molar-refractivity contribution is 5.99. The van der Waals surface area contributed by atoms with Crippen molar-refractivity contribution in [3.63, 3.8) is 0 Å². The second-order valence-electron chi connectivity index (χ2n) is 3.67. The van der Waals surface area contributed by atoms with Crippen LogP contribution in [0.5, 0.6) is 0 Å². The largest absolute Gasteiger partial charge is 0.380 e. The van der Waals surface area contributed by atoms with Crippen LogP contribution in [0.2, 0.25) is 0 Å². The topological polar surface area (TPSA) is 74.2 Å². The normalized spacial score (nSPS) is 16.9. The van der Waals surface area contributed by atoms with Crippen molar-refractivity contribution < 1.29 is 9.90 Å². The van der Waals surface area contributed by atoms with Crippen LogP contribution in [0, 0.1) is 0 Å². The average Bonchev–Trinajstić information content (AvgIpc) is 2.99. The Kier molecular flexibility index (Phi) is 2.32. The molecule has 0 spiro atoms. The maximum atomic E-state index is 11.4. The molecule has 1 fully saturated rings. The minimum atomic E-state index is -1.14. The van der Waals surface area contributed by atoms with Crippen LogP contribution in [0.25, 0.3) is 0 Å². The molecule has 1 aromatic heterocycles. The fraction of sp³-hybridized carbons (Fsp3) is 0.400. The van der Waals surface area contributed by atoms with Crippen LogP contribution < -0.4 is 10.6 Å². The summed E-state index contributed by atoms with van der Waals surface area (Å²) in [4.78, 5) is 15.5. The van der Waals surface area contributed by atoms with E-state index in [0.29, 0.717) is 18.5 Å². The number of nitrogens with one attached hydrogen (secondary N) is 2. The van der Waals surface area contributed by atoms with Crippen molar-refractivity contribution in [3.8, 4) is 0 Å². The van der Waals surface area contributed by atoms with Crippen LogP contribution in [0.15, 0.2) is 18.3 Å². The summed E-state index contributed by atoms with van der Waals surface area (Å²) in [7, 11) is 1.77. The maximum absolute atomic E-state index is 11.4. The molecule has 2 rings (SSSR count). The molecule has 0 aromatic carbocycles. The third kappa shape index (κ3) is 2.07. The highest BCUT2D eigenvalue weighted by Crippen LogP contribution is 2.35. The minimum absolute atomic E-state index is 0.346. The van der Waals surface area contributed by atoms with Gasteiger partial charge in [-0.05, 0) is 25.0 Å². The molecule has 0 unspecified atom stereocenters. The van der Waals surface area contributed by atoms with E-state index >= 15 is 0 Å². The van der Waals surface area contributed by atoms with Crippen LogP contribution in [0.1, 0.15) is 12.8 Å². The third-order valence-corrected chi connectivity index (χ3v) is 2.42. The number of anilines is 2. The number of aliphatic hydroxyl groups is 1. The minimum Gasteiger partial charge on any atom is -0.380 e. The van der Waals surface area contributed by atoms with Gasteiger partial charge in [-0.1, -0.05) is 0 Å². The lowest BCUT2D eigenvalue weighted by atomic mass is 10.3. The van der Waals surface area contributed by atoms with Crippen molar-refractivity contribution in [1.29, 1.82) is 0 Å². The molecule has 1 aliphatic rings. The first-order valence-corrected chi connectivity index (χ1v) is 4.82. The van der Waals surface area contributed by atoms with Gasteiger partial charge in [0.25, 0.3) is 5.91 Å². The standard InChI is InChI=1S/C10H13N3O2/c1-11-8-3-2-7(6-12-8)13-9(14)10(15)4-5-10/h2-3,6,15H,4-5H2,1H3,(H,11,12)(H,13,14). The second-order valence-corrected chi connectivity index (χ2v) is 3.67. The van der Waals surface area contributed by atoms with Crippen molar-refractivity contribution in [2.45, 2.75) is 18.4 Å². The first-order chi connectivity index (χ1) is 7.14. The van der Waals surface area contributed by atoms with Crippen molar-refractivity contribution in [2.75, 3.05) is 17.7 Å². The monoisotopic (exact) mass is 207 g/mol. The highest BCUT2D eigenvalue weighted by Gasteiger charge is 2.48. The number of pyridine rings is 1.